The second-order valence-corrected chi connectivity index (χ2v) is 3.29. The molecule has 1 unspecified atom stereocenters. The quantitative estimate of drug-likeness (QED) is 0.553. The van der Waals surface area contributed by atoms with E-state index in [1.807, 2.05) is 13.0 Å². The number of ketones is 1. The number of allylic oxidation sites excluding steroid dienone is 3. The molecule has 0 amide bonds. The lowest BCUT2D eigenvalue weighted by atomic mass is 9.90. The lowest BCUT2D eigenvalue weighted by Gasteiger charge is -2.14. The smallest absolute Gasteiger partial charge is 0.155 e. The van der Waals surface area contributed by atoms with Crippen LogP contribution in [0.3, 0.4) is 0 Å². The minimum absolute atomic E-state index is 0.267. The predicted molar refractivity (Wildman–Crippen MR) is 46.3 cm³/mol. The van der Waals surface area contributed by atoms with E-state index in [1.54, 1.807) is 6.08 Å². The molecule has 0 N–H and O–H groups in total. The average Bonchev–Trinajstić information content (AvgIpc) is 1.93. The van der Waals surface area contributed by atoms with Gasteiger partial charge in [-0.2, -0.15) is 0 Å². The van der Waals surface area contributed by atoms with Crippen molar-refractivity contribution >= 4 is 5.78 Å². The summed E-state index contributed by atoms with van der Waals surface area (Å²) in [5.74, 6) is 0.827. The van der Waals surface area contributed by atoms with Crippen molar-refractivity contribution in [1.29, 1.82) is 0 Å². The molecule has 1 rings (SSSR count). The average molecular weight is 150 g/mol. The molecule has 1 heteroatoms. The molecule has 0 aromatic carbocycles. The van der Waals surface area contributed by atoms with Crippen LogP contribution in [0.25, 0.3) is 0 Å². The van der Waals surface area contributed by atoms with E-state index >= 15 is 0 Å². The number of rotatable bonds is 2. The van der Waals surface area contributed by atoms with Crippen molar-refractivity contribution in [3.8, 4) is 0 Å². The molecule has 0 spiro atoms. The zero-order valence-corrected chi connectivity index (χ0v) is 6.97. The highest BCUT2D eigenvalue weighted by molar-refractivity contribution is 5.90. The van der Waals surface area contributed by atoms with Crippen LogP contribution < -0.4 is 0 Å². The topological polar surface area (TPSA) is 17.1 Å². The summed E-state index contributed by atoms with van der Waals surface area (Å²) in [5, 5.41) is 0. The molecular weight excluding hydrogens is 136 g/mol. The normalized spacial score (nSPS) is 23.7. The maximum Gasteiger partial charge on any atom is 0.155 e. The summed E-state index contributed by atoms with van der Waals surface area (Å²) in [7, 11) is 0. The molecule has 1 nitrogen and oxygen atoms in total. The van der Waals surface area contributed by atoms with Gasteiger partial charge in [0.1, 0.15) is 0 Å². The van der Waals surface area contributed by atoms with E-state index in [2.05, 4.69) is 6.58 Å². The second-order valence-electron chi connectivity index (χ2n) is 3.29. The third-order valence-corrected chi connectivity index (χ3v) is 1.93. The SMILES string of the molecule is C=C(C)CC1C=CC(=O)CC1. The van der Waals surface area contributed by atoms with Crippen molar-refractivity contribution in [2.45, 2.75) is 26.2 Å². The fourth-order valence-electron chi connectivity index (χ4n) is 1.37. The Morgan fingerprint density at radius 2 is 2.55 bits per heavy atom. The Balaban J connectivity index is 2.44. The lowest BCUT2D eigenvalue weighted by Crippen LogP contribution is -2.07. The van der Waals surface area contributed by atoms with Gasteiger partial charge in [-0.3, -0.25) is 4.79 Å². The van der Waals surface area contributed by atoms with E-state index in [1.165, 1.54) is 5.57 Å². The first kappa shape index (κ1) is 8.25. The predicted octanol–water partition coefficient (Wildman–Crippen LogP) is 2.49. The first-order chi connectivity index (χ1) is 5.18. The van der Waals surface area contributed by atoms with E-state index in [0.29, 0.717) is 12.3 Å². The van der Waals surface area contributed by atoms with Crippen LogP contribution >= 0.6 is 0 Å². The van der Waals surface area contributed by atoms with Gasteiger partial charge in [0.25, 0.3) is 0 Å². The van der Waals surface area contributed by atoms with E-state index < -0.39 is 0 Å². The summed E-state index contributed by atoms with van der Waals surface area (Å²) in [6.07, 6.45) is 6.47. The summed E-state index contributed by atoms with van der Waals surface area (Å²) in [4.78, 5) is 10.8. The monoisotopic (exact) mass is 150 g/mol. The van der Waals surface area contributed by atoms with Crippen molar-refractivity contribution in [3.05, 3.63) is 24.3 Å². The van der Waals surface area contributed by atoms with Crippen molar-refractivity contribution in [2.75, 3.05) is 0 Å². The molecule has 0 heterocycles. The fraction of sp³-hybridized carbons (Fsp3) is 0.500. The molecule has 1 aliphatic carbocycles. The Morgan fingerprint density at radius 3 is 3.00 bits per heavy atom. The zero-order chi connectivity index (χ0) is 8.27. The van der Waals surface area contributed by atoms with Gasteiger partial charge in [-0.05, 0) is 31.8 Å². The molecule has 0 saturated carbocycles. The lowest BCUT2D eigenvalue weighted by molar-refractivity contribution is -0.115. The van der Waals surface area contributed by atoms with E-state index in [9.17, 15) is 4.79 Å². The van der Waals surface area contributed by atoms with Crippen molar-refractivity contribution in [3.63, 3.8) is 0 Å². The molecule has 0 aromatic rings. The summed E-state index contributed by atoms with van der Waals surface area (Å²) in [5.41, 5.74) is 1.20. The molecule has 0 aliphatic heterocycles. The Bertz CT molecular complexity index is 201. The van der Waals surface area contributed by atoms with Gasteiger partial charge < -0.3 is 0 Å². The molecule has 0 bridgehead atoms. The molecule has 1 atom stereocenters. The van der Waals surface area contributed by atoms with Crippen LogP contribution in [0.1, 0.15) is 26.2 Å². The second kappa shape index (κ2) is 3.51. The van der Waals surface area contributed by atoms with Gasteiger partial charge in [-0.1, -0.05) is 11.6 Å². The maximum atomic E-state index is 10.8. The van der Waals surface area contributed by atoms with E-state index in [0.717, 1.165) is 12.8 Å². The summed E-state index contributed by atoms with van der Waals surface area (Å²) in [6.45, 7) is 5.88. The highest BCUT2D eigenvalue weighted by Gasteiger charge is 2.12. The zero-order valence-electron chi connectivity index (χ0n) is 6.97. The van der Waals surface area contributed by atoms with Crippen molar-refractivity contribution < 1.29 is 4.79 Å². The van der Waals surface area contributed by atoms with Crippen molar-refractivity contribution in [2.24, 2.45) is 5.92 Å². The van der Waals surface area contributed by atoms with Gasteiger partial charge in [-0.15, -0.1) is 6.58 Å². The number of hydrogen-bond acceptors (Lipinski definition) is 1. The largest absolute Gasteiger partial charge is 0.295 e. The Labute approximate surface area is 67.8 Å². The van der Waals surface area contributed by atoms with Gasteiger partial charge in [-0.25, -0.2) is 0 Å². The van der Waals surface area contributed by atoms with Gasteiger partial charge in [0.05, 0.1) is 0 Å². The Kier molecular flexibility index (Phi) is 2.64. The van der Waals surface area contributed by atoms with Gasteiger partial charge in [0.15, 0.2) is 5.78 Å². The number of hydrogen-bond donors (Lipinski definition) is 0. The molecule has 0 radical (unpaired) electrons. The van der Waals surface area contributed by atoms with Gasteiger partial charge in [0.2, 0.25) is 0 Å². The Morgan fingerprint density at radius 1 is 1.82 bits per heavy atom. The van der Waals surface area contributed by atoms with Crippen LogP contribution in [0.15, 0.2) is 24.3 Å². The molecule has 60 valence electrons. The Hall–Kier alpha value is -0.850. The molecule has 0 aromatic heterocycles. The van der Waals surface area contributed by atoms with Crippen LogP contribution in [0.4, 0.5) is 0 Å². The van der Waals surface area contributed by atoms with Crippen molar-refractivity contribution in [1.82, 2.24) is 0 Å². The number of carbonyl (C=O) groups is 1. The third kappa shape index (κ3) is 2.71. The number of carbonyl (C=O) groups excluding carboxylic acids is 1. The third-order valence-electron chi connectivity index (χ3n) is 1.93. The first-order valence-corrected chi connectivity index (χ1v) is 4.04. The molecule has 0 fully saturated rings. The summed E-state index contributed by atoms with van der Waals surface area (Å²) >= 11 is 0. The van der Waals surface area contributed by atoms with E-state index in [4.69, 9.17) is 0 Å². The first-order valence-electron chi connectivity index (χ1n) is 4.04. The van der Waals surface area contributed by atoms with Crippen LogP contribution in [-0.2, 0) is 4.79 Å². The van der Waals surface area contributed by atoms with Crippen LogP contribution in [0.5, 0.6) is 0 Å². The molecule has 11 heavy (non-hydrogen) atoms. The van der Waals surface area contributed by atoms with Gasteiger partial charge >= 0.3 is 0 Å². The molecule has 1 aliphatic rings. The highest BCUT2D eigenvalue weighted by atomic mass is 16.1. The minimum Gasteiger partial charge on any atom is -0.295 e. The maximum absolute atomic E-state index is 10.8. The highest BCUT2D eigenvalue weighted by Crippen LogP contribution is 2.21. The van der Waals surface area contributed by atoms with Crippen LogP contribution in [0, 0.1) is 5.92 Å². The summed E-state index contributed by atoms with van der Waals surface area (Å²) in [6, 6.07) is 0. The minimum atomic E-state index is 0.267. The summed E-state index contributed by atoms with van der Waals surface area (Å²) < 4.78 is 0. The van der Waals surface area contributed by atoms with Crippen LogP contribution in [-0.4, -0.2) is 5.78 Å². The molecular formula is C10H14O. The molecule has 0 saturated heterocycles. The fourth-order valence-corrected chi connectivity index (χ4v) is 1.37. The van der Waals surface area contributed by atoms with Gasteiger partial charge in [0, 0.05) is 6.42 Å². The standard InChI is InChI=1S/C10H14O/c1-8(2)7-9-3-5-10(11)6-4-9/h3,5,9H,1,4,6-7H2,2H3. The van der Waals surface area contributed by atoms with E-state index in [-0.39, 0.29) is 5.78 Å². The van der Waals surface area contributed by atoms with Crippen LogP contribution in [0.2, 0.25) is 0 Å².